The second kappa shape index (κ2) is 11.2. The maximum absolute atomic E-state index is 5.32. The van der Waals surface area contributed by atoms with E-state index < -0.39 is 0 Å². The van der Waals surface area contributed by atoms with Gasteiger partial charge in [-0.3, -0.25) is 0 Å². The van der Waals surface area contributed by atoms with Crippen LogP contribution in [0, 0.1) is 0 Å². The molecule has 49 heavy (non-hydrogen) atoms. The van der Waals surface area contributed by atoms with Crippen molar-refractivity contribution in [2.24, 2.45) is 0 Å². The Balaban J connectivity index is 1.20. The summed E-state index contributed by atoms with van der Waals surface area (Å²) >= 11 is 1.85. The van der Waals surface area contributed by atoms with Gasteiger partial charge in [-0.25, -0.2) is 9.97 Å². The van der Waals surface area contributed by atoms with Gasteiger partial charge >= 0.3 is 0 Å². The van der Waals surface area contributed by atoms with E-state index in [0.29, 0.717) is 5.82 Å². The van der Waals surface area contributed by atoms with Gasteiger partial charge in [0.25, 0.3) is 0 Å². The molecule has 2 heterocycles. The SMILES string of the molecule is c1ccc(-c2nc(-c3ccc(-c4cccc5sc6ccccc6c45)cc3)cc(-c3c4ccccc4cc4ccc5ccccc5c34)n2)cc1. The Morgan fingerprint density at radius 2 is 1.02 bits per heavy atom. The van der Waals surface area contributed by atoms with Gasteiger partial charge in [0.05, 0.1) is 11.4 Å². The van der Waals surface area contributed by atoms with Gasteiger partial charge in [0, 0.05) is 36.9 Å². The summed E-state index contributed by atoms with van der Waals surface area (Å²) in [5.74, 6) is 0.716. The van der Waals surface area contributed by atoms with Crippen molar-refractivity contribution < 1.29 is 0 Å². The summed E-state index contributed by atoms with van der Waals surface area (Å²) in [4.78, 5) is 10.5. The predicted octanol–water partition coefficient (Wildman–Crippen LogP) is 13.0. The van der Waals surface area contributed by atoms with E-state index in [1.54, 1.807) is 0 Å². The highest BCUT2D eigenvalue weighted by atomic mass is 32.1. The van der Waals surface area contributed by atoms with Crippen LogP contribution in [0.25, 0.3) is 97.5 Å². The Morgan fingerprint density at radius 3 is 1.88 bits per heavy atom. The average Bonchev–Trinajstić information content (AvgIpc) is 3.56. The molecule has 0 fully saturated rings. The quantitative estimate of drug-likeness (QED) is 0.141. The van der Waals surface area contributed by atoms with Crippen LogP contribution in [0.15, 0.2) is 170 Å². The molecule has 0 aliphatic rings. The molecule has 8 aromatic carbocycles. The standard InChI is InChI=1S/C46H28N2S/c1-2-12-32(13-3-1)46-47-39(31-24-21-30(22-25-31)36-18-10-20-42-44(36)38-17-8-9-19-41(38)49-42)28-40(48-46)45-37-16-7-5-14-33(37)27-34-26-23-29-11-4-6-15-35(29)43(34)45/h1-28H. The molecule has 0 bridgehead atoms. The van der Waals surface area contributed by atoms with E-state index in [9.17, 15) is 0 Å². The maximum atomic E-state index is 5.32. The second-order valence-corrected chi connectivity index (χ2v) is 13.6. The predicted molar refractivity (Wildman–Crippen MR) is 209 cm³/mol. The van der Waals surface area contributed by atoms with Gasteiger partial charge in [-0.05, 0) is 67.7 Å². The van der Waals surface area contributed by atoms with Gasteiger partial charge in [0.2, 0.25) is 0 Å². The molecule has 0 aliphatic heterocycles. The zero-order chi connectivity index (χ0) is 32.3. The first-order chi connectivity index (χ1) is 24.3. The van der Waals surface area contributed by atoms with Crippen LogP contribution in [0.5, 0.6) is 0 Å². The Morgan fingerprint density at radius 1 is 0.367 bits per heavy atom. The number of benzene rings is 8. The van der Waals surface area contributed by atoms with E-state index >= 15 is 0 Å². The minimum atomic E-state index is 0.716. The number of hydrogen-bond acceptors (Lipinski definition) is 3. The van der Waals surface area contributed by atoms with Crippen molar-refractivity contribution in [2.75, 3.05) is 0 Å². The molecule has 2 nitrogen and oxygen atoms in total. The molecule has 0 amide bonds. The summed E-state index contributed by atoms with van der Waals surface area (Å²) in [6.07, 6.45) is 0. The highest BCUT2D eigenvalue weighted by Gasteiger charge is 2.18. The van der Waals surface area contributed by atoms with Gasteiger partial charge in [-0.1, -0.05) is 146 Å². The zero-order valence-electron chi connectivity index (χ0n) is 26.5. The zero-order valence-corrected chi connectivity index (χ0v) is 27.3. The molecule has 0 N–H and O–H groups in total. The van der Waals surface area contributed by atoms with E-state index in [1.165, 1.54) is 63.6 Å². The lowest BCUT2D eigenvalue weighted by molar-refractivity contribution is 1.19. The molecule has 0 radical (unpaired) electrons. The number of aromatic nitrogens is 2. The molecule has 0 spiro atoms. The Hall–Kier alpha value is -6.16. The lowest BCUT2D eigenvalue weighted by atomic mass is 9.90. The third-order valence-electron chi connectivity index (χ3n) is 9.66. The fourth-order valence-electron chi connectivity index (χ4n) is 7.38. The average molecular weight is 641 g/mol. The van der Waals surface area contributed by atoms with E-state index in [1.807, 2.05) is 17.4 Å². The molecule has 0 aliphatic carbocycles. The first-order valence-electron chi connectivity index (χ1n) is 16.6. The fourth-order valence-corrected chi connectivity index (χ4v) is 8.51. The highest BCUT2D eigenvalue weighted by Crippen LogP contribution is 2.42. The van der Waals surface area contributed by atoms with Gasteiger partial charge in [-0.15, -0.1) is 11.3 Å². The number of fused-ring (bicyclic) bond motifs is 7. The van der Waals surface area contributed by atoms with Gasteiger partial charge < -0.3 is 0 Å². The first kappa shape index (κ1) is 27.9. The van der Waals surface area contributed by atoms with Crippen molar-refractivity contribution in [2.45, 2.75) is 0 Å². The van der Waals surface area contributed by atoms with E-state index in [0.717, 1.165) is 28.1 Å². The number of nitrogens with zero attached hydrogens (tertiary/aromatic N) is 2. The van der Waals surface area contributed by atoms with Crippen LogP contribution in [0.2, 0.25) is 0 Å². The van der Waals surface area contributed by atoms with Crippen LogP contribution in [0.3, 0.4) is 0 Å². The summed E-state index contributed by atoms with van der Waals surface area (Å²) in [7, 11) is 0. The van der Waals surface area contributed by atoms with E-state index in [4.69, 9.17) is 9.97 Å². The summed E-state index contributed by atoms with van der Waals surface area (Å²) in [5, 5.41) is 9.86. The molecule has 0 saturated heterocycles. The maximum Gasteiger partial charge on any atom is 0.160 e. The molecule has 0 saturated carbocycles. The van der Waals surface area contributed by atoms with Crippen molar-refractivity contribution in [1.82, 2.24) is 9.97 Å². The number of hydrogen-bond donors (Lipinski definition) is 0. The second-order valence-electron chi connectivity index (χ2n) is 12.5. The third-order valence-corrected chi connectivity index (χ3v) is 10.8. The Bertz CT molecular complexity index is 2870. The summed E-state index contributed by atoms with van der Waals surface area (Å²) in [5.41, 5.74) is 7.45. The molecule has 228 valence electrons. The molecule has 0 unspecified atom stereocenters. The van der Waals surface area contributed by atoms with Crippen molar-refractivity contribution in [1.29, 1.82) is 0 Å². The monoisotopic (exact) mass is 640 g/mol. The number of rotatable bonds is 4. The molecular weight excluding hydrogens is 613 g/mol. The largest absolute Gasteiger partial charge is 0.228 e. The molecule has 3 heteroatoms. The smallest absolute Gasteiger partial charge is 0.160 e. The number of thiophene rings is 1. The first-order valence-corrected chi connectivity index (χ1v) is 17.4. The van der Waals surface area contributed by atoms with E-state index in [2.05, 4.69) is 164 Å². The van der Waals surface area contributed by atoms with Gasteiger partial charge in [0.15, 0.2) is 5.82 Å². The highest BCUT2D eigenvalue weighted by molar-refractivity contribution is 7.25. The van der Waals surface area contributed by atoms with Gasteiger partial charge in [-0.2, -0.15) is 0 Å². The third kappa shape index (κ3) is 4.62. The normalized spacial score (nSPS) is 11.7. The van der Waals surface area contributed by atoms with Crippen LogP contribution >= 0.6 is 11.3 Å². The topological polar surface area (TPSA) is 25.8 Å². The van der Waals surface area contributed by atoms with Gasteiger partial charge in [0.1, 0.15) is 0 Å². The van der Waals surface area contributed by atoms with Crippen molar-refractivity contribution in [3.63, 3.8) is 0 Å². The summed E-state index contributed by atoms with van der Waals surface area (Å²) in [6, 6.07) is 60.8. The fraction of sp³-hybridized carbons (Fsp3) is 0. The van der Waals surface area contributed by atoms with Crippen LogP contribution in [0.4, 0.5) is 0 Å². The van der Waals surface area contributed by atoms with E-state index in [-0.39, 0.29) is 0 Å². The molecule has 10 aromatic rings. The Kier molecular flexibility index (Phi) is 6.39. The lowest BCUT2D eigenvalue weighted by Crippen LogP contribution is -1.97. The Labute approximate surface area is 287 Å². The van der Waals surface area contributed by atoms with Crippen molar-refractivity contribution in [3.05, 3.63) is 170 Å². The van der Waals surface area contributed by atoms with Crippen molar-refractivity contribution >= 4 is 63.8 Å². The molecule has 0 atom stereocenters. The minimum Gasteiger partial charge on any atom is -0.228 e. The van der Waals surface area contributed by atoms with Crippen LogP contribution in [0.1, 0.15) is 0 Å². The summed E-state index contributed by atoms with van der Waals surface area (Å²) in [6.45, 7) is 0. The van der Waals surface area contributed by atoms with Crippen LogP contribution < -0.4 is 0 Å². The van der Waals surface area contributed by atoms with Crippen LogP contribution in [-0.4, -0.2) is 9.97 Å². The lowest BCUT2D eigenvalue weighted by Gasteiger charge is -2.16. The van der Waals surface area contributed by atoms with Crippen LogP contribution in [-0.2, 0) is 0 Å². The van der Waals surface area contributed by atoms with Crippen molar-refractivity contribution in [3.8, 4) is 45.0 Å². The minimum absolute atomic E-state index is 0.716. The summed E-state index contributed by atoms with van der Waals surface area (Å²) < 4.78 is 2.63. The molecule has 2 aromatic heterocycles. The molecular formula is C46H28N2S. The molecule has 10 rings (SSSR count).